The number of nitrogens with zero attached hydrogens (tertiary/aromatic N) is 1. The molecule has 1 aliphatic heterocycles. The lowest BCUT2D eigenvalue weighted by Crippen LogP contribution is -2.37. The quantitative estimate of drug-likeness (QED) is 0.947. The van der Waals surface area contributed by atoms with Gasteiger partial charge >= 0.3 is 0 Å². The number of ether oxygens (including phenoxy) is 1. The number of hydrogen-bond acceptors (Lipinski definition) is 3. The summed E-state index contributed by atoms with van der Waals surface area (Å²) in [6.07, 6.45) is -0.870. The summed E-state index contributed by atoms with van der Waals surface area (Å²) in [5.74, 6) is 0.472. The zero-order chi connectivity index (χ0) is 15.7. The average molecular weight is 303 g/mol. The zero-order valence-corrected chi connectivity index (χ0v) is 12.3. The van der Waals surface area contributed by atoms with Gasteiger partial charge in [-0.15, -0.1) is 0 Å². The third-order valence-electron chi connectivity index (χ3n) is 4.13. The number of halogens is 1. The van der Waals surface area contributed by atoms with Gasteiger partial charge in [0, 0.05) is 12.0 Å². The smallest absolute Gasteiger partial charge is 0.254 e. The van der Waals surface area contributed by atoms with E-state index in [1.54, 1.807) is 19.2 Å². The minimum atomic E-state index is -1.07. The fourth-order valence-electron chi connectivity index (χ4n) is 2.93. The van der Waals surface area contributed by atoms with Crippen molar-refractivity contribution in [3.63, 3.8) is 0 Å². The summed E-state index contributed by atoms with van der Waals surface area (Å²) in [6, 6.07) is 10.6. The van der Waals surface area contributed by atoms with Crippen molar-refractivity contribution in [2.24, 2.45) is 0 Å². The Bertz CT molecular complexity index is 703. The third-order valence-corrected chi connectivity index (χ3v) is 4.13. The predicted octanol–water partition coefficient (Wildman–Crippen LogP) is 2.39. The molecule has 1 amide bonds. The van der Waals surface area contributed by atoms with Gasteiger partial charge in [-0.1, -0.05) is 12.1 Å². The van der Waals surface area contributed by atoms with Gasteiger partial charge in [-0.25, -0.2) is 4.39 Å². The molecule has 1 heterocycles. The number of amides is 1. The molecule has 4 nitrogen and oxygen atoms in total. The van der Waals surface area contributed by atoms with E-state index in [4.69, 9.17) is 4.74 Å². The molecule has 2 aromatic rings. The highest BCUT2D eigenvalue weighted by molar-refractivity contribution is 5.99. The molecule has 1 saturated heterocycles. The SMILES string of the molecule is COc1ccc2ccc(C(=O)N3C[C@@H](F)C[C@H]3CO)cc2c1. The Morgan fingerprint density at radius 3 is 2.82 bits per heavy atom. The van der Waals surface area contributed by atoms with Crippen molar-refractivity contribution >= 4 is 16.7 Å². The normalized spacial score (nSPS) is 21.3. The van der Waals surface area contributed by atoms with Crippen LogP contribution in [0.5, 0.6) is 5.75 Å². The largest absolute Gasteiger partial charge is 0.497 e. The molecule has 2 aromatic carbocycles. The zero-order valence-electron chi connectivity index (χ0n) is 12.3. The molecule has 0 aromatic heterocycles. The van der Waals surface area contributed by atoms with E-state index < -0.39 is 12.2 Å². The Balaban J connectivity index is 1.93. The average Bonchev–Trinajstić information content (AvgIpc) is 2.94. The van der Waals surface area contributed by atoms with E-state index in [0.717, 1.165) is 16.5 Å². The summed E-state index contributed by atoms with van der Waals surface area (Å²) in [4.78, 5) is 14.0. The van der Waals surface area contributed by atoms with E-state index in [1.165, 1.54) is 4.90 Å². The first-order chi connectivity index (χ1) is 10.6. The van der Waals surface area contributed by atoms with Crippen molar-refractivity contribution in [3.8, 4) is 5.75 Å². The van der Waals surface area contributed by atoms with E-state index in [-0.39, 0.29) is 25.5 Å². The Kier molecular flexibility index (Phi) is 3.98. The van der Waals surface area contributed by atoms with Crippen LogP contribution >= 0.6 is 0 Å². The lowest BCUT2D eigenvalue weighted by Gasteiger charge is -2.22. The lowest BCUT2D eigenvalue weighted by molar-refractivity contribution is 0.0673. The van der Waals surface area contributed by atoms with Crippen LogP contribution in [0.1, 0.15) is 16.8 Å². The summed E-state index contributed by atoms with van der Waals surface area (Å²) in [5, 5.41) is 11.2. The topological polar surface area (TPSA) is 49.8 Å². The first-order valence-electron chi connectivity index (χ1n) is 7.26. The summed E-state index contributed by atoms with van der Waals surface area (Å²) in [7, 11) is 1.59. The van der Waals surface area contributed by atoms with Gasteiger partial charge in [0.1, 0.15) is 11.9 Å². The number of hydrogen-bond donors (Lipinski definition) is 1. The Morgan fingerprint density at radius 2 is 2.09 bits per heavy atom. The van der Waals surface area contributed by atoms with Crippen molar-refractivity contribution < 1.29 is 19.0 Å². The number of aliphatic hydroxyl groups excluding tert-OH is 1. The maximum atomic E-state index is 13.5. The molecule has 1 N–H and O–H groups in total. The monoisotopic (exact) mass is 303 g/mol. The number of carbonyl (C=O) groups is 1. The first-order valence-corrected chi connectivity index (χ1v) is 7.26. The molecule has 5 heteroatoms. The predicted molar refractivity (Wildman–Crippen MR) is 81.9 cm³/mol. The fraction of sp³-hybridized carbons (Fsp3) is 0.353. The van der Waals surface area contributed by atoms with Crippen LogP contribution in [-0.2, 0) is 0 Å². The molecule has 0 bridgehead atoms. The minimum Gasteiger partial charge on any atom is -0.497 e. The second-order valence-electron chi connectivity index (χ2n) is 5.55. The highest BCUT2D eigenvalue weighted by atomic mass is 19.1. The molecule has 0 aliphatic carbocycles. The van der Waals surface area contributed by atoms with Crippen LogP contribution < -0.4 is 4.74 Å². The van der Waals surface area contributed by atoms with Crippen LogP contribution in [-0.4, -0.2) is 48.4 Å². The van der Waals surface area contributed by atoms with Gasteiger partial charge in [0.15, 0.2) is 0 Å². The Labute approximate surface area is 128 Å². The van der Waals surface area contributed by atoms with Crippen LogP contribution in [0.2, 0.25) is 0 Å². The van der Waals surface area contributed by atoms with Gasteiger partial charge in [0.2, 0.25) is 0 Å². The van der Waals surface area contributed by atoms with Gasteiger partial charge in [-0.05, 0) is 35.0 Å². The molecule has 0 spiro atoms. The molecular weight excluding hydrogens is 285 g/mol. The van der Waals surface area contributed by atoms with E-state index in [1.807, 2.05) is 24.3 Å². The maximum Gasteiger partial charge on any atom is 0.254 e. The lowest BCUT2D eigenvalue weighted by atomic mass is 10.1. The van der Waals surface area contributed by atoms with Gasteiger partial charge in [-0.2, -0.15) is 0 Å². The standard InChI is InChI=1S/C17H18FNO3/c1-22-16-5-4-11-2-3-12(6-13(11)7-16)17(21)19-9-14(18)8-15(19)10-20/h2-7,14-15,20H,8-10H2,1H3/t14-,15-/m0/s1. The van der Waals surface area contributed by atoms with Gasteiger partial charge in [0.05, 0.1) is 26.3 Å². The van der Waals surface area contributed by atoms with Crippen molar-refractivity contribution in [1.82, 2.24) is 4.90 Å². The first kappa shape index (κ1) is 14.8. The number of rotatable bonds is 3. The molecule has 116 valence electrons. The van der Waals surface area contributed by atoms with Gasteiger partial charge < -0.3 is 14.7 Å². The number of benzene rings is 2. The van der Waals surface area contributed by atoms with Crippen molar-refractivity contribution in [2.75, 3.05) is 20.3 Å². The number of aliphatic hydroxyl groups is 1. The summed E-state index contributed by atoms with van der Waals surface area (Å²) < 4.78 is 18.7. The molecule has 0 radical (unpaired) electrons. The van der Waals surface area contributed by atoms with Crippen LogP contribution in [0.15, 0.2) is 36.4 Å². The third kappa shape index (κ3) is 2.64. The van der Waals surface area contributed by atoms with E-state index in [2.05, 4.69) is 0 Å². The molecular formula is C17H18FNO3. The number of fused-ring (bicyclic) bond motifs is 1. The molecule has 0 unspecified atom stereocenters. The minimum absolute atomic E-state index is 0.0419. The Hall–Kier alpha value is -2.14. The highest BCUT2D eigenvalue weighted by Gasteiger charge is 2.35. The molecule has 2 atom stereocenters. The van der Waals surface area contributed by atoms with Crippen LogP contribution in [0.4, 0.5) is 4.39 Å². The van der Waals surface area contributed by atoms with E-state index in [9.17, 15) is 14.3 Å². The van der Waals surface area contributed by atoms with Crippen LogP contribution in [0, 0.1) is 0 Å². The van der Waals surface area contributed by atoms with Gasteiger partial charge in [-0.3, -0.25) is 4.79 Å². The van der Waals surface area contributed by atoms with Crippen molar-refractivity contribution in [1.29, 1.82) is 0 Å². The van der Waals surface area contributed by atoms with E-state index >= 15 is 0 Å². The second kappa shape index (κ2) is 5.93. The van der Waals surface area contributed by atoms with Gasteiger partial charge in [0.25, 0.3) is 5.91 Å². The number of carbonyl (C=O) groups excluding carboxylic acids is 1. The van der Waals surface area contributed by atoms with Crippen molar-refractivity contribution in [3.05, 3.63) is 42.0 Å². The fourth-order valence-corrected chi connectivity index (χ4v) is 2.93. The van der Waals surface area contributed by atoms with E-state index in [0.29, 0.717) is 5.56 Å². The molecule has 1 aliphatic rings. The number of likely N-dealkylation sites (tertiary alicyclic amines) is 1. The number of alkyl halides is 1. The second-order valence-corrected chi connectivity index (χ2v) is 5.55. The van der Waals surface area contributed by atoms with Crippen LogP contribution in [0.25, 0.3) is 10.8 Å². The maximum absolute atomic E-state index is 13.5. The Morgan fingerprint density at radius 1 is 1.32 bits per heavy atom. The van der Waals surface area contributed by atoms with Crippen LogP contribution in [0.3, 0.4) is 0 Å². The summed E-state index contributed by atoms with van der Waals surface area (Å²) >= 11 is 0. The molecule has 1 fully saturated rings. The molecule has 0 saturated carbocycles. The molecule has 22 heavy (non-hydrogen) atoms. The number of methoxy groups -OCH3 is 1. The summed E-state index contributed by atoms with van der Waals surface area (Å²) in [5.41, 5.74) is 0.494. The summed E-state index contributed by atoms with van der Waals surface area (Å²) in [6.45, 7) is -0.173. The molecule has 3 rings (SSSR count). The van der Waals surface area contributed by atoms with Crippen molar-refractivity contribution in [2.45, 2.75) is 18.6 Å². The highest BCUT2D eigenvalue weighted by Crippen LogP contribution is 2.25.